The second kappa shape index (κ2) is 4.21. The van der Waals surface area contributed by atoms with Gasteiger partial charge in [-0.05, 0) is 0 Å². The molecule has 12 heavy (non-hydrogen) atoms. The molecule has 0 bridgehead atoms. The second-order valence-corrected chi connectivity index (χ2v) is 5.12. The minimum Gasteiger partial charge on any atom is -0.391 e. The van der Waals surface area contributed by atoms with Crippen LogP contribution in [0.4, 0.5) is 0 Å². The summed E-state index contributed by atoms with van der Waals surface area (Å²) in [6, 6.07) is 0. The quantitative estimate of drug-likeness (QED) is 0.573. The molecule has 0 aliphatic carbocycles. The average Bonchev–Trinajstić information content (AvgIpc) is 1.83. The normalized spacial score (nSPS) is 13.5. The Balaban J connectivity index is 3.75. The highest BCUT2D eigenvalue weighted by Gasteiger charge is 2.18. The molecular formula is C9H24N2O+2. The minimum absolute atomic E-state index is 0.282. The lowest BCUT2D eigenvalue weighted by atomic mass is 10.4. The van der Waals surface area contributed by atoms with E-state index in [-0.39, 0.29) is 6.61 Å². The van der Waals surface area contributed by atoms with Crippen LogP contribution in [0.25, 0.3) is 0 Å². The number of hydrogen-bond donors (Lipinski definition) is 1. The van der Waals surface area contributed by atoms with E-state index in [1.54, 1.807) is 0 Å². The molecule has 74 valence electrons. The molecule has 3 nitrogen and oxygen atoms in total. The van der Waals surface area contributed by atoms with E-state index in [1.807, 2.05) is 0 Å². The lowest BCUT2D eigenvalue weighted by Gasteiger charge is -2.32. The highest BCUT2D eigenvalue weighted by Crippen LogP contribution is 1.98. The van der Waals surface area contributed by atoms with Crippen molar-refractivity contribution in [1.82, 2.24) is 0 Å². The number of likely N-dealkylation sites (N-methyl/N-ethyl adjacent to an activating group) is 2. The summed E-state index contributed by atoms with van der Waals surface area (Å²) in [5.41, 5.74) is 0. The average molecular weight is 176 g/mol. The Bertz CT molecular complexity index is 127. The maximum atomic E-state index is 8.81. The molecule has 0 radical (unpaired) electrons. The summed E-state index contributed by atoms with van der Waals surface area (Å²) in [6.07, 6.45) is 0. The van der Waals surface area contributed by atoms with Gasteiger partial charge in [-0.25, -0.2) is 0 Å². The Labute approximate surface area is 76.4 Å². The molecule has 0 heterocycles. The Morgan fingerprint density at radius 3 is 1.67 bits per heavy atom. The van der Waals surface area contributed by atoms with E-state index in [4.69, 9.17) is 5.11 Å². The topological polar surface area (TPSA) is 20.2 Å². The van der Waals surface area contributed by atoms with Crippen LogP contribution in [0.5, 0.6) is 0 Å². The third kappa shape index (κ3) is 6.58. The van der Waals surface area contributed by atoms with Crippen LogP contribution in [0.3, 0.4) is 0 Å². The molecule has 0 rings (SSSR count). The fraction of sp³-hybridized carbons (Fsp3) is 1.00. The van der Waals surface area contributed by atoms with Crippen molar-refractivity contribution in [3.63, 3.8) is 0 Å². The predicted octanol–water partition coefficient (Wildman–Crippen LogP) is -0.239. The molecule has 0 amide bonds. The molecule has 3 heteroatoms. The van der Waals surface area contributed by atoms with Crippen LogP contribution in [0.15, 0.2) is 0 Å². The standard InChI is InChI=1S/C9H24N2O/c1-10(2,3)6-7-11(4,5)8-9-12/h12H,6-9H2,1-5H3/q+2. The fourth-order valence-corrected chi connectivity index (χ4v) is 0.953. The molecule has 0 aromatic rings. The van der Waals surface area contributed by atoms with Gasteiger partial charge >= 0.3 is 0 Å². The Morgan fingerprint density at radius 1 is 0.833 bits per heavy atom. The van der Waals surface area contributed by atoms with Crippen molar-refractivity contribution in [3.8, 4) is 0 Å². The molecule has 0 aliphatic heterocycles. The Kier molecular flexibility index (Phi) is 4.17. The van der Waals surface area contributed by atoms with Gasteiger partial charge < -0.3 is 14.1 Å². The van der Waals surface area contributed by atoms with Crippen molar-refractivity contribution >= 4 is 0 Å². The second-order valence-electron chi connectivity index (χ2n) is 5.12. The number of aliphatic hydroxyl groups is 1. The maximum absolute atomic E-state index is 8.81. The zero-order valence-electron chi connectivity index (χ0n) is 9.17. The molecule has 0 aromatic carbocycles. The highest BCUT2D eigenvalue weighted by atomic mass is 16.3. The van der Waals surface area contributed by atoms with E-state index in [1.165, 1.54) is 0 Å². The van der Waals surface area contributed by atoms with Crippen molar-refractivity contribution in [2.45, 2.75) is 0 Å². The third-order valence-electron chi connectivity index (χ3n) is 2.08. The van der Waals surface area contributed by atoms with Crippen LogP contribution in [0.1, 0.15) is 0 Å². The molecule has 0 saturated carbocycles. The summed E-state index contributed by atoms with van der Waals surface area (Å²) in [5, 5.41) is 8.81. The monoisotopic (exact) mass is 176 g/mol. The van der Waals surface area contributed by atoms with Crippen LogP contribution in [-0.2, 0) is 0 Å². The van der Waals surface area contributed by atoms with Crippen molar-refractivity contribution < 1.29 is 14.1 Å². The number of hydrogen-bond acceptors (Lipinski definition) is 1. The SMILES string of the molecule is C[N+](C)(C)CC[N+](C)(C)CCO. The Morgan fingerprint density at radius 2 is 1.33 bits per heavy atom. The Hall–Kier alpha value is -0.120. The maximum Gasteiger partial charge on any atom is 0.128 e. The smallest absolute Gasteiger partial charge is 0.128 e. The molecule has 0 aliphatic rings. The first-order valence-corrected chi connectivity index (χ1v) is 4.50. The lowest BCUT2D eigenvalue weighted by molar-refractivity contribution is -0.937. The first-order valence-electron chi connectivity index (χ1n) is 4.50. The van der Waals surface area contributed by atoms with Crippen molar-refractivity contribution in [2.24, 2.45) is 0 Å². The number of quaternary nitrogens is 2. The van der Waals surface area contributed by atoms with Gasteiger partial charge in [-0.1, -0.05) is 0 Å². The first kappa shape index (κ1) is 11.9. The summed E-state index contributed by atoms with van der Waals surface area (Å²) < 4.78 is 1.90. The molecule has 0 fully saturated rings. The number of rotatable bonds is 5. The van der Waals surface area contributed by atoms with Gasteiger partial charge in [0.2, 0.25) is 0 Å². The summed E-state index contributed by atoms with van der Waals surface area (Å²) >= 11 is 0. The molecule has 0 atom stereocenters. The summed E-state index contributed by atoms with van der Waals surface area (Å²) in [4.78, 5) is 0. The highest BCUT2D eigenvalue weighted by molar-refractivity contribution is 4.33. The van der Waals surface area contributed by atoms with Gasteiger partial charge in [0.25, 0.3) is 0 Å². The number of aliphatic hydroxyl groups excluding tert-OH is 1. The van der Waals surface area contributed by atoms with Gasteiger partial charge in [0.15, 0.2) is 0 Å². The summed E-state index contributed by atoms with van der Waals surface area (Å²) in [7, 11) is 10.9. The molecule has 0 saturated heterocycles. The van der Waals surface area contributed by atoms with Crippen LogP contribution < -0.4 is 0 Å². The molecular weight excluding hydrogens is 152 g/mol. The van der Waals surface area contributed by atoms with Crippen LogP contribution in [0.2, 0.25) is 0 Å². The van der Waals surface area contributed by atoms with E-state index < -0.39 is 0 Å². The van der Waals surface area contributed by atoms with Gasteiger partial charge in [0, 0.05) is 0 Å². The van der Waals surface area contributed by atoms with Crippen molar-refractivity contribution in [1.29, 1.82) is 0 Å². The van der Waals surface area contributed by atoms with Gasteiger partial charge in [-0.15, -0.1) is 0 Å². The molecule has 1 N–H and O–H groups in total. The van der Waals surface area contributed by atoms with Gasteiger partial charge in [0.1, 0.15) is 19.6 Å². The molecule has 0 spiro atoms. The van der Waals surface area contributed by atoms with Crippen molar-refractivity contribution in [2.75, 3.05) is 61.5 Å². The van der Waals surface area contributed by atoms with E-state index in [0.717, 1.165) is 28.6 Å². The van der Waals surface area contributed by atoms with Crippen LogP contribution >= 0.6 is 0 Å². The third-order valence-corrected chi connectivity index (χ3v) is 2.08. The molecule has 0 aromatic heterocycles. The summed E-state index contributed by atoms with van der Waals surface area (Å²) in [5.74, 6) is 0. The number of nitrogens with zero attached hydrogens (tertiary/aromatic N) is 2. The van der Waals surface area contributed by atoms with Gasteiger partial charge in [-0.3, -0.25) is 0 Å². The zero-order valence-corrected chi connectivity index (χ0v) is 9.17. The molecule has 0 unspecified atom stereocenters. The van der Waals surface area contributed by atoms with Gasteiger partial charge in [0.05, 0.1) is 41.8 Å². The zero-order chi connectivity index (χ0) is 9.83. The predicted molar refractivity (Wildman–Crippen MR) is 51.8 cm³/mol. The summed E-state index contributed by atoms with van der Waals surface area (Å²) in [6.45, 7) is 3.39. The fourth-order valence-electron chi connectivity index (χ4n) is 0.953. The largest absolute Gasteiger partial charge is 0.391 e. The first-order chi connectivity index (χ1) is 5.27. The minimum atomic E-state index is 0.282. The lowest BCUT2D eigenvalue weighted by Crippen LogP contribution is -2.50. The van der Waals surface area contributed by atoms with Crippen molar-refractivity contribution in [3.05, 3.63) is 0 Å². The van der Waals surface area contributed by atoms with Crippen LogP contribution in [0, 0.1) is 0 Å². The van der Waals surface area contributed by atoms with E-state index in [9.17, 15) is 0 Å². The van der Waals surface area contributed by atoms with E-state index >= 15 is 0 Å². The van der Waals surface area contributed by atoms with E-state index in [0.29, 0.717) is 0 Å². The van der Waals surface area contributed by atoms with E-state index in [2.05, 4.69) is 35.2 Å². The van der Waals surface area contributed by atoms with Gasteiger partial charge in [-0.2, -0.15) is 0 Å². The van der Waals surface area contributed by atoms with Crippen LogP contribution in [-0.4, -0.2) is 75.6 Å².